The summed E-state index contributed by atoms with van der Waals surface area (Å²) in [5, 5.41) is 0. The molecule has 9 nitrogen and oxygen atoms in total. The molecule has 3 aromatic rings. The van der Waals surface area contributed by atoms with Crippen molar-refractivity contribution in [2.24, 2.45) is 4.99 Å². The van der Waals surface area contributed by atoms with Gasteiger partial charge in [-0.2, -0.15) is 9.30 Å². The van der Waals surface area contributed by atoms with E-state index in [1.165, 1.54) is 47.0 Å². The van der Waals surface area contributed by atoms with Crippen molar-refractivity contribution in [2.45, 2.75) is 43.7 Å². The topological polar surface area (TPSA) is 107 Å². The van der Waals surface area contributed by atoms with Crippen LogP contribution in [-0.4, -0.2) is 56.0 Å². The molecule has 0 N–H and O–H groups in total. The molecule has 0 bridgehead atoms. The molecule has 1 fully saturated rings. The summed E-state index contributed by atoms with van der Waals surface area (Å²) in [5.74, 6) is -0.380. The van der Waals surface area contributed by atoms with E-state index < -0.39 is 21.9 Å². The third-order valence-corrected chi connectivity index (χ3v) is 9.12. The van der Waals surface area contributed by atoms with Gasteiger partial charge in [-0.05, 0) is 62.2 Å². The number of benzene rings is 2. The molecule has 4 rings (SSSR count). The van der Waals surface area contributed by atoms with E-state index >= 15 is 0 Å². The van der Waals surface area contributed by atoms with Crippen LogP contribution in [0.5, 0.6) is 5.75 Å². The number of hydrogen-bond donors (Lipinski definition) is 0. The van der Waals surface area contributed by atoms with Gasteiger partial charge in [-0.1, -0.05) is 17.8 Å². The van der Waals surface area contributed by atoms with E-state index in [-0.39, 0.29) is 23.0 Å². The Balaban J connectivity index is 1.67. The van der Waals surface area contributed by atoms with Gasteiger partial charge in [-0.15, -0.1) is 0 Å². The smallest absolute Gasteiger partial charge is 0.325 e. The first-order valence-electron chi connectivity index (χ1n) is 11.2. The average molecular weight is 518 g/mol. The zero-order chi connectivity index (χ0) is 25.2. The summed E-state index contributed by atoms with van der Waals surface area (Å²) in [4.78, 5) is 29.7. The Morgan fingerprint density at radius 2 is 1.86 bits per heavy atom. The number of piperidine rings is 1. The molecule has 1 atom stereocenters. The van der Waals surface area contributed by atoms with Crippen LogP contribution in [-0.2, 0) is 26.1 Å². The lowest BCUT2D eigenvalue weighted by atomic mass is 10.1. The summed E-state index contributed by atoms with van der Waals surface area (Å²) in [6, 6.07) is 11.1. The molecule has 35 heavy (non-hydrogen) atoms. The molecule has 0 aliphatic carbocycles. The van der Waals surface area contributed by atoms with Crippen LogP contribution in [0.2, 0.25) is 0 Å². The van der Waals surface area contributed by atoms with Gasteiger partial charge in [0.25, 0.3) is 5.91 Å². The zero-order valence-corrected chi connectivity index (χ0v) is 21.4. The van der Waals surface area contributed by atoms with Crippen molar-refractivity contribution in [1.82, 2.24) is 8.87 Å². The maximum Gasteiger partial charge on any atom is 0.325 e. The highest BCUT2D eigenvalue weighted by molar-refractivity contribution is 7.89. The number of esters is 1. The van der Waals surface area contributed by atoms with Crippen molar-refractivity contribution in [3.05, 3.63) is 52.8 Å². The molecule has 1 aromatic heterocycles. The summed E-state index contributed by atoms with van der Waals surface area (Å²) >= 11 is 1.24. The molecule has 0 radical (unpaired) electrons. The number of carbonyl (C=O) groups excluding carboxylic acids is 2. The molecule has 1 unspecified atom stereocenters. The van der Waals surface area contributed by atoms with Gasteiger partial charge in [0, 0.05) is 18.2 Å². The van der Waals surface area contributed by atoms with Crippen LogP contribution in [0.15, 0.2) is 52.4 Å². The van der Waals surface area contributed by atoms with E-state index in [1.807, 2.05) is 6.92 Å². The Morgan fingerprint density at radius 3 is 2.51 bits per heavy atom. The van der Waals surface area contributed by atoms with E-state index in [0.717, 1.165) is 24.0 Å². The molecular weight excluding hydrogens is 490 g/mol. The number of amides is 1. The Hall–Kier alpha value is -3.02. The number of nitrogens with zero attached hydrogens (tertiary/aromatic N) is 3. The number of fused-ring (bicyclic) bond motifs is 1. The number of methoxy groups -OCH3 is 2. The van der Waals surface area contributed by atoms with E-state index in [9.17, 15) is 18.0 Å². The Kier molecular flexibility index (Phi) is 7.39. The van der Waals surface area contributed by atoms with Gasteiger partial charge in [0.15, 0.2) is 4.80 Å². The number of thiazole rings is 1. The third kappa shape index (κ3) is 5.16. The van der Waals surface area contributed by atoms with E-state index in [0.29, 0.717) is 22.6 Å². The van der Waals surface area contributed by atoms with Gasteiger partial charge in [0.05, 0.1) is 29.3 Å². The Morgan fingerprint density at radius 1 is 1.11 bits per heavy atom. The summed E-state index contributed by atoms with van der Waals surface area (Å²) in [6.45, 7) is 2.30. The highest BCUT2D eigenvalue weighted by Gasteiger charge is 2.31. The molecule has 186 valence electrons. The molecule has 1 saturated heterocycles. The number of rotatable bonds is 6. The normalized spacial score (nSPS) is 17.5. The quantitative estimate of drug-likeness (QED) is 0.465. The lowest BCUT2D eigenvalue weighted by Gasteiger charge is -2.32. The number of aromatic nitrogens is 1. The van der Waals surface area contributed by atoms with E-state index in [4.69, 9.17) is 9.47 Å². The number of sulfonamides is 1. The minimum atomic E-state index is -3.63. The predicted octanol–water partition coefficient (Wildman–Crippen LogP) is 3.19. The zero-order valence-electron chi connectivity index (χ0n) is 19.8. The Labute approximate surface area is 207 Å². The van der Waals surface area contributed by atoms with Gasteiger partial charge in [-0.3, -0.25) is 9.59 Å². The largest absolute Gasteiger partial charge is 0.497 e. The third-order valence-electron chi connectivity index (χ3n) is 6.05. The minimum absolute atomic E-state index is 0.0538. The van der Waals surface area contributed by atoms with Gasteiger partial charge in [0.2, 0.25) is 10.0 Å². The van der Waals surface area contributed by atoms with Gasteiger partial charge in [-0.25, -0.2) is 8.42 Å². The molecule has 1 aliphatic heterocycles. The SMILES string of the molecule is COC(=O)Cn1c(=NC(=O)c2ccc(S(=O)(=O)N3CCCCC3C)cc2)sc2cc(OC)ccc21. The highest BCUT2D eigenvalue weighted by Crippen LogP contribution is 2.26. The fourth-order valence-corrected chi connectivity index (χ4v) is 6.85. The van der Waals surface area contributed by atoms with Crippen molar-refractivity contribution in [1.29, 1.82) is 0 Å². The first kappa shape index (κ1) is 25.1. The summed E-state index contributed by atoms with van der Waals surface area (Å²) in [5.41, 5.74) is 0.958. The fraction of sp³-hybridized carbons (Fsp3) is 0.375. The predicted molar refractivity (Wildman–Crippen MR) is 132 cm³/mol. The van der Waals surface area contributed by atoms with E-state index in [1.54, 1.807) is 29.9 Å². The van der Waals surface area contributed by atoms with Crippen LogP contribution >= 0.6 is 11.3 Å². The standard InChI is InChI=1S/C24H27N3O6S2/c1-16-6-4-5-13-27(16)35(30,31)19-10-7-17(8-11-19)23(29)25-24-26(15-22(28)33-3)20-12-9-18(32-2)14-21(20)34-24/h7-12,14,16H,4-6,13,15H2,1-3H3. The highest BCUT2D eigenvalue weighted by atomic mass is 32.2. The van der Waals surface area contributed by atoms with Crippen LogP contribution < -0.4 is 9.54 Å². The second-order valence-corrected chi connectivity index (χ2v) is 11.2. The first-order chi connectivity index (χ1) is 16.7. The maximum absolute atomic E-state index is 13.1. The van der Waals surface area contributed by atoms with Crippen LogP contribution in [0, 0.1) is 0 Å². The van der Waals surface area contributed by atoms with Gasteiger partial charge in [0.1, 0.15) is 12.3 Å². The number of hydrogen-bond acceptors (Lipinski definition) is 7. The van der Waals surface area contributed by atoms with Crippen molar-refractivity contribution in [3.8, 4) is 5.75 Å². The molecule has 11 heteroatoms. The van der Waals surface area contributed by atoms with Gasteiger partial charge >= 0.3 is 5.97 Å². The Bertz CT molecular complexity index is 1420. The maximum atomic E-state index is 13.1. The van der Waals surface area contributed by atoms with Crippen molar-refractivity contribution >= 4 is 43.5 Å². The van der Waals surface area contributed by atoms with Crippen LogP contribution in [0.3, 0.4) is 0 Å². The molecule has 2 aromatic carbocycles. The molecule has 0 spiro atoms. The summed E-state index contributed by atoms with van der Waals surface area (Å²) in [7, 11) is -0.782. The lowest BCUT2D eigenvalue weighted by molar-refractivity contribution is -0.141. The van der Waals surface area contributed by atoms with Crippen LogP contribution in [0.1, 0.15) is 36.5 Å². The second kappa shape index (κ2) is 10.3. The van der Waals surface area contributed by atoms with Crippen molar-refractivity contribution < 1.29 is 27.5 Å². The minimum Gasteiger partial charge on any atom is -0.497 e. The fourth-order valence-electron chi connectivity index (χ4n) is 4.10. The molecule has 1 aliphatic rings. The second-order valence-electron chi connectivity index (χ2n) is 8.28. The molecule has 2 heterocycles. The number of carbonyl (C=O) groups is 2. The van der Waals surface area contributed by atoms with Crippen LogP contribution in [0.4, 0.5) is 0 Å². The van der Waals surface area contributed by atoms with Crippen LogP contribution in [0.25, 0.3) is 10.2 Å². The summed E-state index contributed by atoms with van der Waals surface area (Å²) < 4.78 is 40.1. The monoisotopic (exact) mass is 517 g/mol. The summed E-state index contributed by atoms with van der Waals surface area (Å²) in [6.07, 6.45) is 2.69. The number of ether oxygens (including phenoxy) is 2. The molecule has 1 amide bonds. The van der Waals surface area contributed by atoms with E-state index in [2.05, 4.69) is 4.99 Å². The van der Waals surface area contributed by atoms with Gasteiger partial charge < -0.3 is 14.0 Å². The lowest BCUT2D eigenvalue weighted by Crippen LogP contribution is -2.41. The average Bonchev–Trinajstić information content (AvgIpc) is 3.19. The molecular formula is C24H27N3O6S2. The van der Waals surface area contributed by atoms with Crippen molar-refractivity contribution in [3.63, 3.8) is 0 Å². The van der Waals surface area contributed by atoms with Crippen molar-refractivity contribution in [2.75, 3.05) is 20.8 Å². The first-order valence-corrected chi connectivity index (χ1v) is 13.5. The molecule has 0 saturated carbocycles.